The van der Waals surface area contributed by atoms with Gasteiger partial charge in [0.2, 0.25) is 20.0 Å². The lowest BCUT2D eigenvalue weighted by Gasteiger charge is -2.36. The average Bonchev–Trinajstić information content (AvgIpc) is 2.83. The van der Waals surface area contributed by atoms with Gasteiger partial charge in [-0.05, 0) is 68.9 Å². The number of ether oxygens (including phenoxy) is 1. The zero-order chi connectivity index (χ0) is 26.3. The van der Waals surface area contributed by atoms with Crippen molar-refractivity contribution in [1.29, 1.82) is 0 Å². The van der Waals surface area contributed by atoms with Gasteiger partial charge in [-0.3, -0.25) is 0 Å². The van der Waals surface area contributed by atoms with Gasteiger partial charge in [0.15, 0.2) is 0 Å². The lowest BCUT2D eigenvalue weighted by Crippen LogP contribution is -2.49. The fraction of sp³-hybridized carbons (Fsp3) is 0.538. The third-order valence-corrected chi connectivity index (χ3v) is 11.3. The van der Waals surface area contributed by atoms with E-state index in [0.29, 0.717) is 61.5 Å². The molecule has 4 rings (SSSR count). The van der Waals surface area contributed by atoms with Gasteiger partial charge in [0.25, 0.3) is 0 Å². The molecule has 0 radical (unpaired) electrons. The SMILES string of the molecule is COc1ccc(S(=O)(=O)N2CCC[C@@H](C)C2)cc1N1CCN(S(=O)(=O)c2c(C)cc(C)cc2C)CC1. The number of nitrogens with zero attached hydrogens (tertiary/aromatic N) is 3. The maximum absolute atomic E-state index is 13.5. The molecule has 0 spiro atoms. The summed E-state index contributed by atoms with van der Waals surface area (Å²) in [5.74, 6) is 0.907. The summed E-state index contributed by atoms with van der Waals surface area (Å²) in [6.07, 6.45) is 1.90. The Hall–Kier alpha value is -2.14. The van der Waals surface area contributed by atoms with E-state index in [2.05, 4.69) is 6.92 Å². The van der Waals surface area contributed by atoms with Crippen LogP contribution in [0.5, 0.6) is 5.75 Å². The first-order valence-corrected chi connectivity index (χ1v) is 15.3. The zero-order valence-corrected chi connectivity index (χ0v) is 23.5. The molecule has 2 saturated heterocycles. The maximum atomic E-state index is 13.5. The summed E-state index contributed by atoms with van der Waals surface area (Å²) in [5.41, 5.74) is 3.21. The molecule has 2 aromatic rings. The topological polar surface area (TPSA) is 87.2 Å². The molecular weight excluding hydrogens is 498 g/mol. The van der Waals surface area contributed by atoms with Gasteiger partial charge < -0.3 is 9.64 Å². The van der Waals surface area contributed by atoms with E-state index in [4.69, 9.17) is 4.74 Å². The first-order chi connectivity index (χ1) is 16.9. The Morgan fingerprint density at radius 1 is 0.833 bits per heavy atom. The number of aryl methyl sites for hydroxylation is 3. The Morgan fingerprint density at radius 2 is 1.47 bits per heavy atom. The first-order valence-electron chi connectivity index (χ1n) is 12.5. The molecule has 0 unspecified atom stereocenters. The monoisotopic (exact) mass is 535 g/mol. The molecule has 0 saturated carbocycles. The van der Waals surface area contributed by atoms with E-state index in [9.17, 15) is 16.8 Å². The van der Waals surface area contributed by atoms with Crippen LogP contribution >= 0.6 is 0 Å². The average molecular weight is 536 g/mol. The van der Waals surface area contributed by atoms with Gasteiger partial charge in [-0.2, -0.15) is 8.61 Å². The van der Waals surface area contributed by atoms with Crippen LogP contribution in [0.3, 0.4) is 0 Å². The molecule has 1 atom stereocenters. The molecule has 8 nitrogen and oxygen atoms in total. The number of methoxy groups -OCH3 is 1. The fourth-order valence-corrected chi connectivity index (χ4v) is 8.92. The van der Waals surface area contributed by atoms with Gasteiger partial charge in [-0.25, -0.2) is 16.8 Å². The van der Waals surface area contributed by atoms with Gasteiger partial charge in [0, 0.05) is 39.3 Å². The molecule has 0 amide bonds. The van der Waals surface area contributed by atoms with Crippen LogP contribution < -0.4 is 9.64 Å². The Labute approximate surface area is 216 Å². The summed E-state index contributed by atoms with van der Waals surface area (Å²) in [6.45, 7) is 10.2. The molecule has 0 aromatic heterocycles. The van der Waals surface area contributed by atoms with Crippen molar-refractivity contribution in [2.75, 3.05) is 51.3 Å². The summed E-state index contributed by atoms with van der Waals surface area (Å²) in [4.78, 5) is 2.63. The van der Waals surface area contributed by atoms with E-state index >= 15 is 0 Å². The number of anilines is 1. The van der Waals surface area contributed by atoms with E-state index in [0.717, 1.165) is 29.5 Å². The number of sulfonamides is 2. The molecule has 2 heterocycles. The molecule has 2 aliphatic rings. The van der Waals surface area contributed by atoms with Crippen molar-refractivity contribution in [3.05, 3.63) is 47.0 Å². The quantitative estimate of drug-likeness (QED) is 0.562. The number of hydrogen-bond donors (Lipinski definition) is 0. The first kappa shape index (κ1) is 26.9. The minimum absolute atomic E-state index is 0.244. The number of benzene rings is 2. The minimum Gasteiger partial charge on any atom is -0.495 e. The highest BCUT2D eigenvalue weighted by Crippen LogP contribution is 2.34. The second-order valence-electron chi connectivity index (χ2n) is 10.1. The number of piperazine rings is 1. The van der Waals surface area contributed by atoms with Crippen LogP contribution in [0, 0.1) is 26.7 Å². The second kappa shape index (κ2) is 10.3. The van der Waals surface area contributed by atoms with Crippen LogP contribution in [-0.4, -0.2) is 71.8 Å². The Bertz CT molecular complexity index is 1310. The molecule has 2 aliphatic heterocycles. The molecule has 2 fully saturated rings. The van der Waals surface area contributed by atoms with Crippen molar-refractivity contribution >= 4 is 25.7 Å². The molecule has 0 bridgehead atoms. The van der Waals surface area contributed by atoms with Gasteiger partial charge in [-0.1, -0.05) is 24.6 Å². The predicted molar refractivity (Wildman–Crippen MR) is 142 cm³/mol. The molecule has 198 valence electrons. The number of rotatable bonds is 6. The smallest absolute Gasteiger partial charge is 0.243 e. The van der Waals surface area contributed by atoms with Gasteiger partial charge in [0.05, 0.1) is 22.6 Å². The van der Waals surface area contributed by atoms with Crippen molar-refractivity contribution in [2.24, 2.45) is 5.92 Å². The van der Waals surface area contributed by atoms with E-state index in [1.807, 2.05) is 37.8 Å². The minimum atomic E-state index is -3.64. The molecule has 10 heteroatoms. The molecule has 0 N–H and O–H groups in total. The van der Waals surface area contributed by atoms with Crippen LogP contribution in [0.25, 0.3) is 0 Å². The fourth-order valence-electron chi connectivity index (χ4n) is 5.46. The van der Waals surface area contributed by atoms with E-state index in [-0.39, 0.29) is 4.90 Å². The normalized spacial score (nSPS) is 20.5. The van der Waals surface area contributed by atoms with Crippen molar-refractivity contribution in [2.45, 2.75) is 50.3 Å². The summed E-state index contributed by atoms with van der Waals surface area (Å²) in [7, 11) is -5.70. The third kappa shape index (κ3) is 5.14. The lowest BCUT2D eigenvalue weighted by molar-refractivity contribution is 0.281. The van der Waals surface area contributed by atoms with Crippen LogP contribution in [0.15, 0.2) is 40.1 Å². The van der Waals surface area contributed by atoms with Crippen molar-refractivity contribution < 1.29 is 21.6 Å². The van der Waals surface area contributed by atoms with Gasteiger partial charge in [0.1, 0.15) is 5.75 Å². The van der Waals surface area contributed by atoms with E-state index in [1.54, 1.807) is 29.6 Å². The van der Waals surface area contributed by atoms with Crippen LogP contribution in [0.1, 0.15) is 36.5 Å². The number of piperidine rings is 1. The van der Waals surface area contributed by atoms with Crippen LogP contribution in [0.2, 0.25) is 0 Å². The second-order valence-corrected chi connectivity index (χ2v) is 13.9. The molecule has 2 aromatic carbocycles. The van der Waals surface area contributed by atoms with Gasteiger partial charge in [-0.15, -0.1) is 0 Å². The standard InChI is InChI=1S/C26H37N3O5S2/c1-19-7-6-10-29(18-19)35(30,31)23-8-9-25(34-5)24(17-23)27-11-13-28(14-12-27)36(32,33)26-21(3)15-20(2)16-22(26)4/h8-9,15-17,19H,6-7,10-14,18H2,1-5H3/t19-/m1/s1. The van der Waals surface area contributed by atoms with Crippen LogP contribution in [0.4, 0.5) is 5.69 Å². The van der Waals surface area contributed by atoms with E-state index < -0.39 is 20.0 Å². The maximum Gasteiger partial charge on any atom is 0.243 e. The van der Waals surface area contributed by atoms with E-state index in [1.165, 1.54) is 4.31 Å². The van der Waals surface area contributed by atoms with Crippen molar-refractivity contribution in [3.8, 4) is 5.75 Å². The zero-order valence-electron chi connectivity index (χ0n) is 21.8. The Balaban J connectivity index is 1.57. The van der Waals surface area contributed by atoms with Crippen molar-refractivity contribution in [1.82, 2.24) is 8.61 Å². The predicted octanol–water partition coefficient (Wildman–Crippen LogP) is 3.55. The lowest BCUT2D eigenvalue weighted by atomic mass is 10.0. The third-order valence-electron chi connectivity index (χ3n) is 7.19. The Morgan fingerprint density at radius 3 is 2.06 bits per heavy atom. The number of hydrogen-bond acceptors (Lipinski definition) is 6. The summed E-state index contributed by atoms with van der Waals surface area (Å²) >= 11 is 0. The highest BCUT2D eigenvalue weighted by atomic mass is 32.2. The molecular formula is C26H37N3O5S2. The highest BCUT2D eigenvalue weighted by Gasteiger charge is 2.33. The molecule has 0 aliphatic carbocycles. The Kier molecular flexibility index (Phi) is 7.71. The van der Waals surface area contributed by atoms with Crippen LogP contribution in [-0.2, 0) is 20.0 Å². The largest absolute Gasteiger partial charge is 0.495 e. The summed E-state index contributed by atoms with van der Waals surface area (Å²) in [6, 6.07) is 8.76. The summed E-state index contributed by atoms with van der Waals surface area (Å²) < 4.78 is 62.4. The van der Waals surface area contributed by atoms with Gasteiger partial charge >= 0.3 is 0 Å². The summed E-state index contributed by atoms with van der Waals surface area (Å²) in [5, 5.41) is 0. The molecule has 36 heavy (non-hydrogen) atoms. The van der Waals surface area contributed by atoms with Crippen molar-refractivity contribution in [3.63, 3.8) is 0 Å². The highest BCUT2D eigenvalue weighted by molar-refractivity contribution is 7.89.